The Bertz CT molecular complexity index is 1260. The molecule has 42 heavy (non-hydrogen) atoms. The average Bonchev–Trinajstić information content (AvgIpc) is 3.43. The van der Waals surface area contributed by atoms with Crippen LogP contribution >= 0.6 is 23.5 Å². The lowest BCUT2D eigenvalue weighted by molar-refractivity contribution is -0.193. The maximum absolute atomic E-state index is 12.8. The minimum absolute atomic E-state index is 0.455. The summed E-state index contributed by atoms with van der Waals surface area (Å²) in [6.07, 6.45) is -4.47. The molecular formula is C26H31N3O11S2. The number of nitrogens with zero attached hydrogens (tertiary/aromatic N) is 2. The Kier molecular flexibility index (Phi) is 11.0. The van der Waals surface area contributed by atoms with E-state index in [1.54, 1.807) is 24.3 Å². The van der Waals surface area contributed by atoms with Crippen molar-refractivity contribution in [2.45, 2.75) is 75.7 Å². The molecule has 1 amide bonds. The topological polar surface area (TPSA) is 176 Å². The first kappa shape index (κ1) is 32.9. The molecule has 1 N–H and O–H groups in total. The number of thioether (sulfide) groups is 2. The quantitative estimate of drug-likeness (QED) is 0.292. The molecule has 3 unspecified atom stereocenters. The lowest BCUT2D eigenvalue weighted by Gasteiger charge is -2.36. The fraction of sp³-hybridized carbons (Fsp3) is 0.500. The largest absolute Gasteiger partial charge is 0.462 e. The predicted octanol–water partition coefficient (Wildman–Crippen LogP) is 1.51. The molecule has 1 aromatic carbocycles. The van der Waals surface area contributed by atoms with Gasteiger partial charge in [0.05, 0.1) is 6.04 Å². The minimum Gasteiger partial charge on any atom is -0.462 e. The van der Waals surface area contributed by atoms with Gasteiger partial charge < -0.3 is 23.7 Å². The number of hydrogen-bond donors (Lipinski definition) is 1. The smallest absolute Gasteiger partial charge is 0.303 e. The van der Waals surface area contributed by atoms with Crippen LogP contribution in [0.2, 0.25) is 0 Å². The standard InChI is InChI=1S/C26H31N3O11S2/c1-13(30)29-26(41-24(28-29)19-10-8-7-9-11-19)27-21(25(42-26)40-18(6)35)23(39-17(5)34)22(38-16(4)33)20(37-15(3)32)12-36-14(2)31/h7-11,20-23,25,27H,12H2,1-6H3/t20-,21?,22+,23+,25?,26?/m1/s1. The highest BCUT2D eigenvalue weighted by Gasteiger charge is 2.61. The molecule has 0 saturated carbocycles. The molecule has 1 saturated heterocycles. The summed E-state index contributed by atoms with van der Waals surface area (Å²) in [6.45, 7) is 6.33. The van der Waals surface area contributed by atoms with Crippen molar-refractivity contribution in [3.8, 4) is 0 Å². The van der Waals surface area contributed by atoms with Crippen LogP contribution in [0.25, 0.3) is 0 Å². The number of carbonyl (C=O) groups excluding carboxylic acids is 6. The summed E-state index contributed by atoms with van der Waals surface area (Å²) in [5.41, 5.74) is -0.428. The predicted molar refractivity (Wildman–Crippen MR) is 149 cm³/mol. The van der Waals surface area contributed by atoms with Gasteiger partial charge in [0, 0.05) is 47.1 Å². The third-order valence-electron chi connectivity index (χ3n) is 5.64. The summed E-state index contributed by atoms with van der Waals surface area (Å²) in [5.74, 6) is -4.32. The van der Waals surface area contributed by atoms with Crippen LogP contribution in [-0.4, -0.2) is 86.5 Å². The molecule has 1 fully saturated rings. The highest BCUT2D eigenvalue weighted by molar-refractivity contribution is 8.26. The van der Waals surface area contributed by atoms with Crippen molar-refractivity contribution >= 4 is 64.3 Å². The number of hydrogen-bond acceptors (Lipinski definition) is 15. The second kappa shape index (κ2) is 14.0. The lowest BCUT2D eigenvalue weighted by Crippen LogP contribution is -2.60. The Morgan fingerprint density at radius 3 is 2.02 bits per heavy atom. The molecule has 0 aromatic heterocycles. The highest BCUT2D eigenvalue weighted by Crippen LogP contribution is 2.53. The molecule has 2 aliphatic rings. The van der Waals surface area contributed by atoms with E-state index in [4.69, 9.17) is 23.7 Å². The number of carbonyl (C=O) groups is 6. The number of benzene rings is 1. The van der Waals surface area contributed by atoms with Crippen molar-refractivity contribution in [3.63, 3.8) is 0 Å². The van der Waals surface area contributed by atoms with E-state index < -0.39 is 76.5 Å². The van der Waals surface area contributed by atoms with Gasteiger partial charge in [-0.15, -0.1) is 0 Å². The zero-order valence-corrected chi connectivity index (χ0v) is 25.3. The van der Waals surface area contributed by atoms with Crippen molar-refractivity contribution in [2.24, 2.45) is 5.10 Å². The SMILES string of the molecule is CC(=O)OC[C@@H](OC(C)=O)[C@H](OC(C)=O)[C@@H](OC(C)=O)C1NC2(SC(c3ccccc3)=NN2C(C)=O)SC1OC(C)=O. The van der Waals surface area contributed by atoms with E-state index in [-0.39, 0.29) is 0 Å². The number of hydrazone groups is 1. The van der Waals surface area contributed by atoms with E-state index >= 15 is 0 Å². The Morgan fingerprint density at radius 1 is 0.881 bits per heavy atom. The average molecular weight is 626 g/mol. The molecule has 1 spiro atoms. The van der Waals surface area contributed by atoms with E-state index in [0.29, 0.717) is 10.6 Å². The normalized spacial score (nSPS) is 23.3. The third-order valence-corrected chi connectivity index (χ3v) is 8.49. The van der Waals surface area contributed by atoms with Crippen LogP contribution in [0.15, 0.2) is 35.4 Å². The van der Waals surface area contributed by atoms with Crippen LogP contribution in [0.5, 0.6) is 0 Å². The van der Waals surface area contributed by atoms with Crippen LogP contribution < -0.4 is 5.32 Å². The summed E-state index contributed by atoms with van der Waals surface area (Å²) >= 11 is 2.15. The molecule has 2 heterocycles. The van der Waals surface area contributed by atoms with Gasteiger partial charge >= 0.3 is 29.8 Å². The highest BCUT2D eigenvalue weighted by atomic mass is 32.2. The molecule has 16 heteroatoms. The van der Waals surface area contributed by atoms with E-state index in [0.717, 1.165) is 51.2 Å². The first-order chi connectivity index (χ1) is 19.7. The Balaban J connectivity index is 2.10. The van der Waals surface area contributed by atoms with E-state index in [2.05, 4.69) is 10.4 Å². The van der Waals surface area contributed by atoms with Gasteiger partial charge in [0.15, 0.2) is 23.7 Å². The Morgan fingerprint density at radius 2 is 1.50 bits per heavy atom. The second-order valence-corrected chi connectivity index (χ2v) is 11.9. The molecule has 3 rings (SSSR count). The van der Waals surface area contributed by atoms with Crippen LogP contribution in [0.3, 0.4) is 0 Å². The first-order valence-corrected chi connectivity index (χ1v) is 14.3. The first-order valence-electron chi connectivity index (χ1n) is 12.6. The molecule has 0 radical (unpaired) electrons. The van der Waals surface area contributed by atoms with Crippen molar-refractivity contribution < 1.29 is 52.5 Å². The Labute approximate surface area is 250 Å². The molecule has 1 aromatic rings. The zero-order chi connectivity index (χ0) is 31.2. The van der Waals surface area contributed by atoms with Crippen molar-refractivity contribution in [3.05, 3.63) is 35.9 Å². The van der Waals surface area contributed by atoms with Crippen molar-refractivity contribution in [2.75, 3.05) is 6.61 Å². The lowest BCUT2D eigenvalue weighted by atomic mass is 10.0. The fourth-order valence-electron chi connectivity index (χ4n) is 4.22. The molecule has 2 aliphatic heterocycles. The minimum atomic E-state index is -1.55. The molecule has 228 valence electrons. The summed E-state index contributed by atoms with van der Waals surface area (Å²) < 4.78 is 25.7. The van der Waals surface area contributed by atoms with Crippen molar-refractivity contribution in [1.29, 1.82) is 0 Å². The van der Waals surface area contributed by atoms with Gasteiger partial charge in [0.25, 0.3) is 0 Å². The van der Waals surface area contributed by atoms with E-state index in [9.17, 15) is 28.8 Å². The summed E-state index contributed by atoms with van der Waals surface area (Å²) in [4.78, 5) is 73.2. The number of nitrogens with one attached hydrogen (secondary N) is 1. The van der Waals surface area contributed by atoms with Gasteiger partial charge in [0.1, 0.15) is 11.7 Å². The summed E-state index contributed by atoms with van der Waals surface area (Å²) in [6, 6.07) is 7.88. The number of amides is 1. The molecular weight excluding hydrogens is 594 g/mol. The fourth-order valence-corrected chi connectivity index (χ4v) is 7.37. The van der Waals surface area contributed by atoms with E-state index in [1.807, 2.05) is 6.07 Å². The van der Waals surface area contributed by atoms with Gasteiger partial charge in [-0.3, -0.25) is 34.1 Å². The number of rotatable bonds is 10. The zero-order valence-electron chi connectivity index (χ0n) is 23.7. The van der Waals surface area contributed by atoms with Gasteiger partial charge in [-0.2, -0.15) is 10.1 Å². The molecule has 0 aliphatic carbocycles. The third kappa shape index (κ3) is 8.23. The molecule has 6 atom stereocenters. The molecule has 14 nitrogen and oxygen atoms in total. The van der Waals surface area contributed by atoms with Crippen LogP contribution in [0.4, 0.5) is 0 Å². The van der Waals surface area contributed by atoms with Gasteiger partial charge in [-0.25, -0.2) is 0 Å². The van der Waals surface area contributed by atoms with Crippen LogP contribution in [0, 0.1) is 0 Å². The van der Waals surface area contributed by atoms with Crippen LogP contribution in [0.1, 0.15) is 47.1 Å². The molecule has 0 bridgehead atoms. The number of ether oxygens (including phenoxy) is 5. The van der Waals surface area contributed by atoms with Gasteiger partial charge in [0.2, 0.25) is 10.2 Å². The number of esters is 5. The van der Waals surface area contributed by atoms with E-state index in [1.165, 1.54) is 18.9 Å². The monoisotopic (exact) mass is 625 g/mol. The Hall–Kier alpha value is -3.63. The van der Waals surface area contributed by atoms with Gasteiger partial charge in [-0.05, 0) is 11.8 Å². The maximum Gasteiger partial charge on any atom is 0.303 e. The van der Waals surface area contributed by atoms with Gasteiger partial charge in [-0.1, -0.05) is 42.1 Å². The van der Waals surface area contributed by atoms with Crippen molar-refractivity contribution in [1.82, 2.24) is 10.3 Å². The second-order valence-electron chi connectivity index (χ2n) is 9.15. The summed E-state index contributed by atoms with van der Waals surface area (Å²) in [7, 11) is 0. The summed E-state index contributed by atoms with van der Waals surface area (Å²) in [5, 5.41) is 9.35. The van der Waals surface area contributed by atoms with Crippen LogP contribution in [-0.2, 0) is 52.5 Å². The maximum atomic E-state index is 12.8.